The highest BCUT2D eigenvalue weighted by Crippen LogP contribution is 2.18. The van der Waals surface area contributed by atoms with Gasteiger partial charge in [0.15, 0.2) is 0 Å². The van der Waals surface area contributed by atoms with Gasteiger partial charge in [-0.2, -0.15) is 0 Å². The highest BCUT2D eigenvalue weighted by molar-refractivity contribution is 6.30. The third-order valence-electron chi connectivity index (χ3n) is 3.36. The van der Waals surface area contributed by atoms with E-state index >= 15 is 0 Å². The Morgan fingerprint density at radius 2 is 1.84 bits per heavy atom. The minimum Gasteiger partial charge on any atom is -0.297 e. The van der Waals surface area contributed by atoms with Crippen LogP contribution in [0.15, 0.2) is 9.59 Å². The van der Waals surface area contributed by atoms with Crippen molar-refractivity contribution in [2.75, 3.05) is 0 Å². The molecule has 5 heteroatoms. The number of nitrogens with zero attached hydrogens (tertiary/aromatic N) is 1. The summed E-state index contributed by atoms with van der Waals surface area (Å²) in [5.74, 6) is -0.00839. The lowest BCUT2D eigenvalue weighted by molar-refractivity contribution is 0.444. The van der Waals surface area contributed by atoms with Crippen molar-refractivity contribution in [3.05, 3.63) is 31.6 Å². The Balaban J connectivity index is 3.17. The van der Waals surface area contributed by atoms with Gasteiger partial charge in [-0.25, -0.2) is 4.79 Å². The Kier molecular flexibility index (Phi) is 5.85. The van der Waals surface area contributed by atoms with Crippen LogP contribution in [0.1, 0.15) is 70.9 Å². The number of halogens is 1. The van der Waals surface area contributed by atoms with Crippen LogP contribution in [0.25, 0.3) is 0 Å². The predicted octanol–water partition coefficient (Wildman–Crippen LogP) is 3.45. The second-order valence-corrected chi connectivity index (χ2v) is 5.71. The molecule has 1 heterocycles. The minimum atomic E-state index is -0.414. The fraction of sp³-hybridized carbons (Fsp3) is 0.714. The monoisotopic (exact) mass is 286 g/mol. The molecule has 1 unspecified atom stereocenters. The molecular formula is C14H23ClN2O2. The SMILES string of the molecule is CCCCCC(C)n1c(=O)[nH]c(Cl)c(C(C)C)c1=O. The second-order valence-electron chi connectivity index (χ2n) is 5.33. The van der Waals surface area contributed by atoms with E-state index in [9.17, 15) is 9.59 Å². The number of aromatic amines is 1. The van der Waals surface area contributed by atoms with E-state index in [2.05, 4.69) is 11.9 Å². The average Bonchev–Trinajstić information content (AvgIpc) is 2.27. The molecule has 0 aliphatic carbocycles. The van der Waals surface area contributed by atoms with Gasteiger partial charge >= 0.3 is 5.69 Å². The maximum atomic E-state index is 12.4. The third kappa shape index (κ3) is 3.72. The molecule has 0 amide bonds. The maximum Gasteiger partial charge on any atom is 0.329 e. The second kappa shape index (κ2) is 6.94. The minimum absolute atomic E-state index is 0.00839. The van der Waals surface area contributed by atoms with Crippen molar-refractivity contribution in [2.45, 2.75) is 65.3 Å². The van der Waals surface area contributed by atoms with E-state index in [0.29, 0.717) is 5.56 Å². The Morgan fingerprint density at radius 1 is 1.21 bits per heavy atom. The van der Waals surface area contributed by atoms with E-state index in [1.807, 2.05) is 20.8 Å². The molecule has 19 heavy (non-hydrogen) atoms. The summed E-state index contributed by atoms with van der Waals surface area (Å²) < 4.78 is 1.30. The molecule has 1 aromatic heterocycles. The third-order valence-corrected chi connectivity index (χ3v) is 3.66. The van der Waals surface area contributed by atoms with Gasteiger partial charge in [0.2, 0.25) is 0 Å². The smallest absolute Gasteiger partial charge is 0.297 e. The molecule has 0 radical (unpaired) electrons. The molecule has 0 aliphatic rings. The van der Waals surface area contributed by atoms with Gasteiger partial charge in [0, 0.05) is 6.04 Å². The molecule has 1 atom stereocenters. The van der Waals surface area contributed by atoms with Crippen molar-refractivity contribution in [2.24, 2.45) is 0 Å². The number of hydrogen-bond acceptors (Lipinski definition) is 2. The summed E-state index contributed by atoms with van der Waals surface area (Å²) in [4.78, 5) is 26.9. The van der Waals surface area contributed by atoms with Gasteiger partial charge in [-0.15, -0.1) is 0 Å². The quantitative estimate of drug-likeness (QED) is 0.643. The molecule has 0 aliphatic heterocycles. The van der Waals surface area contributed by atoms with Crippen molar-refractivity contribution >= 4 is 11.6 Å². The van der Waals surface area contributed by atoms with Crippen LogP contribution in [0.3, 0.4) is 0 Å². The number of rotatable bonds is 6. The van der Waals surface area contributed by atoms with Gasteiger partial charge in [-0.3, -0.25) is 14.3 Å². The van der Waals surface area contributed by atoms with E-state index in [1.165, 1.54) is 4.57 Å². The first-order valence-corrected chi connectivity index (χ1v) is 7.32. The van der Waals surface area contributed by atoms with E-state index in [4.69, 9.17) is 11.6 Å². The van der Waals surface area contributed by atoms with Crippen LogP contribution in [-0.2, 0) is 0 Å². The first-order chi connectivity index (χ1) is 8.90. The molecule has 108 valence electrons. The zero-order valence-electron chi connectivity index (χ0n) is 12.1. The lowest BCUT2D eigenvalue weighted by Gasteiger charge is -2.16. The molecule has 0 saturated heterocycles. The Labute approximate surface area is 118 Å². The van der Waals surface area contributed by atoms with Gasteiger partial charge < -0.3 is 0 Å². The van der Waals surface area contributed by atoms with Gasteiger partial charge in [0.25, 0.3) is 5.56 Å². The summed E-state index contributed by atoms with van der Waals surface area (Å²) in [6, 6.07) is -0.0995. The number of aromatic nitrogens is 2. The summed E-state index contributed by atoms with van der Waals surface area (Å²) in [6.45, 7) is 7.83. The van der Waals surface area contributed by atoms with Crippen LogP contribution in [-0.4, -0.2) is 9.55 Å². The number of H-pyrrole nitrogens is 1. The van der Waals surface area contributed by atoms with Crippen LogP contribution in [0.5, 0.6) is 0 Å². The molecule has 0 bridgehead atoms. The van der Waals surface area contributed by atoms with Gasteiger partial charge in [0.1, 0.15) is 5.15 Å². The summed E-state index contributed by atoms with van der Waals surface area (Å²) in [5, 5.41) is 0.169. The molecule has 1 rings (SSSR count). The summed E-state index contributed by atoms with van der Waals surface area (Å²) >= 11 is 5.96. The largest absolute Gasteiger partial charge is 0.329 e. The zero-order chi connectivity index (χ0) is 14.6. The number of nitrogens with one attached hydrogen (secondary N) is 1. The van der Waals surface area contributed by atoms with E-state index in [0.717, 1.165) is 25.7 Å². The first kappa shape index (κ1) is 16.0. The highest BCUT2D eigenvalue weighted by Gasteiger charge is 2.18. The van der Waals surface area contributed by atoms with E-state index < -0.39 is 5.69 Å². The molecule has 1 N–H and O–H groups in total. The summed E-state index contributed by atoms with van der Waals surface area (Å²) in [7, 11) is 0. The first-order valence-electron chi connectivity index (χ1n) is 6.94. The van der Waals surface area contributed by atoms with Crippen molar-refractivity contribution in [3.63, 3.8) is 0 Å². The lowest BCUT2D eigenvalue weighted by Crippen LogP contribution is -2.39. The molecule has 0 spiro atoms. The molecule has 4 nitrogen and oxygen atoms in total. The van der Waals surface area contributed by atoms with Crippen molar-refractivity contribution < 1.29 is 0 Å². The van der Waals surface area contributed by atoms with Crippen molar-refractivity contribution in [1.29, 1.82) is 0 Å². The van der Waals surface area contributed by atoms with Crippen LogP contribution >= 0.6 is 11.6 Å². The topological polar surface area (TPSA) is 54.9 Å². The summed E-state index contributed by atoms with van der Waals surface area (Å²) in [5.41, 5.74) is -0.181. The molecule has 0 aromatic carbocycles. The van der Waals surface area contributed by atoms with Crippen LogP contribution in [0, 0.1) is 0 Å². The van der Waals surface area contributed by atoms with Gasteiger partial charge in [-0.05, 0) is 19.3 Å². The van der Waals surface area contributed by atoms with Gasteiger partial charge in [-0.1, -0.05) is 51.6 Å². The fourth-order valence-electron chi connectivity index (χ4n) is 2.26. The van der Waals surface area contributed by atoms with Gasteiger partial charge in [0.05, 0.1) is 5.56 Å². The van der Waals surface area contributed by atoms with E-state index in [-0.39, 0.29) is 22.7 Å². The fourth-order valence-corrected chi connectivity index (χ4v) is 2.64. The van der Waals surface area contributed by atoms with Crippen molar-refractivity contribution in [1.82, 2.24) is 9.55 Å². The predicted molar refractivity (Wildman–Crippen MR) is 79.3 cm³/mol. The maximum absolute atomic E-state index is 12.4. The van der Waals surface area contributed by atoms with Crippen LogP contribution in [0.2, 0.25) is 5.15 Å². The average molecular weight is 287 g/mol. The molecule has 0 fully saturated rings. The Bertz CT molecular complexity index is 531. The number of hydrogen-bond donors (Lipinski definition) is 1. The Hall–Kier alpha value is -1.03. The standard InChI is InChI=1S/C14H23ClN2O2/c1-5-6-7-8-10(4)17-13(18)11(9(2)3)12(15)16-14(17)19/h9-10H,5-8H2,1-4H3,(H,16,19). The van der Waals surface area contributed by atoms with Crippen LogP contribution in [0.4, 0.5) is 0 Å². The molecule has 0 saturated carbocycles. The molecular weight excluding hydrogens is 264 g/mol. The lowest BCUT2D eigenvalue weighted by atomic mass is 10.1. The highest BCUT2D eigenvalue weighted by atomic mass is 35.5. The molecule has 1 aromatic rings. The summed E-state index contributed by atoms with van der Waals surface area (Å²) in [6.07, 6.45) is 4.08. The number of unbranched alkanes of at least 4 members (excludes halogenated alkanes) is 2. The van der Waals surface area contributed by atoms with Crippen molar-refractivity contribution in [3.8, 4) is 0 Å². The Morgan fingerprint density at radius 3 is 2.37 bits per heavy atom. The van der Waals surface area contributed by atoms with Crippen LogP contribution < -0.4 is 11.2 Å². The zero-order valence-corrected chi connectivity index (χ0v) is 12.9. The normalized spacial score (nSPS) is 12.9. The van der Waals surface area contributed by atoms with E-state index in [1.54, 1.807) is 0 Å².